The molecule has 4 aliphatic rings. The fourth-order valence-electron chi connectivity index (χ4n) is 6.38. The molecule has 1 fully saturated rings. The molecule has 1 saturated heterocycles. The summed E-state index contributed by atoms with van der Waals surface area (Å²) in [6.45, 7) is 1.69. The Bertz CT molecular complexity index is 1310. The topological polar surface area (TPSA) is 180 Å². The summed E-state index contributed by atoms with van der Waals surface area (Å²) in [7, 11) is 1.97. The first-order valence-corrected chi connectivity index (χ1v) is 13.0. The van der Waals surface area contributed by atoms with Crippen LogP contribution in [0.25, 0.3) is 0 Å². The number of likely N-dealkylation sites (tertiary alicyclic amines) is 1. The molecule has 15 heteroatoms. The van der Waals surface area contributed by atoms with Gasteiger partial charge in [0.15, 0.2) is 18.3 Å². The normalized spacial score (nSPS) is 28.5. The van der Waals surface area contributed by atoms with Crippen LogP contribution >= 0.6 is 0 Å². The van der Waals surface area contributed by atoms with Crippen molar-refractivity contribution in [3.05, 3.63) is 40.7 Å². The third-order valence-electron chi connectivity index (χ3n) is 8.24. The summed E-state index contributed by atoms with van der Waals surface area (Å²) in [4.78, 5) is 46.3. The molecule has 4 N–H and O–H groups in total. The predicted octanol–water partition coefficient (Wildman–Crippen LogP) is 0.515. The van der Waals surface area contributed by atoms with Gasteiger partial charge in [0.05, 0.1) is 24.0 Å². The van der Waals surface area contributed by atoms with Gasteiger partial charge >= 0.3 is 24.1 Å². The lowest BCUT2D eigenvalue weighted by molar-refractivity contribution is -0.178. The van der Waals surface area contributed by atoms with Crippen molar-refractivity contribution in [3.8, 4) is 5.75 Å². The molecule has 0 radical (unpaired) electrons. The molecular formula is C27H30F3NO11. The number of rotatable bonds is 7. The Balaban J connectivity index is 0.000000612. The van der Waals surface area contributed by atoms with Gasteiger partial charge in [-0.15, -0.1) is 0 Å². The van der Waals surface area contributed by atoms with E-state index >= 15 is 0 Å². The van der Waals surface area contributed by atoms with Crippen molar-refractivity contribution >= 4 is 24.2 Å². The quantitative estimate of drug-likeness (QED) is 0.252. The summed E-state index contributed by atoms with van der Waals surface area (Å²) < 4.78 is 48.2. The maximum absolute atomic E-state index is 12.8. The van der Waals surface area contributed by atoms with Crippen molar-refractivity contribution in [2.75, 3.05) is 13.6 Å². The number of likely N-dealkylation sites (N-methyl/N-ethyl adjacent to an activating group) is 1. The van der Waals surface area contributed by atoms with Gasteiger partial charge in [0, 0.05) is 23.6 Å². The van der Waals surface area contributed by atoms with Gasteiger partial charge in [0.2, 0.25) is 6.29 Å². The van der Waals surface area contributed by atoms with Gasteiger partial charge in [-0.25, -0.2) is 9.59 Å². The number of esters is 2. The zero-order chi connectivity index (χ0) is 31.2. The standard InChI is InChI=1S/C25H29NO10.C2HF3O/c1-12(34-23(32)15(28)10-18(29)30)22(31)35-16-5-6-25(33)17-9-13-3-4-14(11-27)20-19(13)24(25,21(16)36-20)7-8-26(17)2;3-2(4,5)1-6/h3-5,12,15,17,21,27-28,33H,6-11H2,1-2H3,(H,29,30);1H/t12-,15-,17+,21-,24-,25+;/m0./s1. The third-order valence-corrected chi connectivity index (χ3v) is 8.24. The number of nitrogens with zero attached hydrogens (tertiary/aromatic N) is 1. The fourth-order valence-corrected chi connectivity index (χ4v) is 6.38. The number of halogens is 3. The molecular weight excluding hydrogens is 571 g/mol. The second kappa shape index (κ2) is 11.3. The summed E-state index contributed by atoms with van der Waals surface area (Å²) in [5.74, 6) is -2.89. The molecule has 0 saturated carbocycles. The molecule has 12 nitrogen and oxygen atoms in total. The molecule has 2 heterocycles. The first kappa shape index (κ1) is 31.4. The minimum atomic E-state index is -4.64. The van der Waals surface area contributed by atoms with Crippen LogP contribution in [0.4, 0.5) is 13.2 Å². The number of hydrogen-bond donors (Lipinski definition) is 4. The van der Waals surface area contributed by atoms with E-state index in [1.165, 1.54) is 6.92 Å². The maximum Gasteiger partial charge on any atom is 0.446 e. The number of carbonyl (C=O) groups is 4. The number of alkyl halides is 3. The highest BCUT2D eigenvalue weighted by Crippen LogP contribution is 2.64. The average molecular weight is 602 g/mol. The van der Waals surface area contributed by atoms with Crippen LogP contribution in [0.15, 0.2) is 24.0 Å². The van der Waals surface area contributed by atoms with Crippen molar-refractivity contribution in [1.29, 1.82) is 0 Å². The zero-order valence-electron chi connectivity index (χ0n) is 22.6. The van der Waals surface area contributed by atoms with E-state index in [4.69, 9.17) is 24.1 Å². The van der Waals surface area contributed by atoms with Crippen molar-refractivity contribution in [2.45, 2.75) is 80.8 Å². The van der Waals surface area contributed by atoms with E-state index in [-0.39, 0.29) is 24.8 Å². The molecule has 0 unspecified atom stereocenters. The first-order valence-electron chi connectivity index (χ1n) is 13.0. The summed E-state index contributed by atoms with van der Waals surface area (Å²) in [6, 6.07) is 3.58. The number of carbonyl (C=O) groups excluding carboxylic acids is 3. The largest absolute Gasteiger partial charge is 0.481 e. The van der Waals surface area contributed by atoms with E-state index in [1.807, 2.05) is 19.2 Å². The van der Waals surface area contributed by atoms with Crippen LogP contribution in [0.1, 0.15) is 42.9 Å². The van der Waals surface area contributed by atoms with Crippen molar-refractivity contribution in [2.24, 2.45) is 0 Å². The molecule has 1 spiro atoms. The van der Waals surface area contributed by atoms with Crippen LogP contribution in [0.5, 0.6) is 5.75 Å². The van der Waals surface area contributed by atoms with Gasteiger partial charge in [-0.05, 0) is 45.0 Å². The lowest BCUT2D eigenvalue weighted by Gasteiger charge is -2.61. The van der Waals surface area contributed by atoms with Crippen molar-refractivity contribution in [1.82, 2.24) is 4.90 Å². The zero-order valence-corrected chi connectivity index (χ0v) is 22.6. The molecule has 2 bridgehead atoms. The Morgan fingerprint density at radius 3 is 2.52 bits per heavy atom. The predicted molar refractivity (Wildman–Crippen MR) is 133 cm³/mol. The highest BCUT2D eigenvalue weighted by atomic mass is 19.4. The number of aliphatic hydroxyl groups excluding tert-OH is 2. The fraction of sp³-hybridized carbons (Fsp3) is 0.556. The maximum atomic E-state index is 12.8. The summed E-state index contributed by atoms with van der Waals surface area (Å²) in [5, 5.41) is 40.5. The molecule has 2 aliphatic heterocycles. The van der Waals surface area contributed by atoms with Gasteiger partial charge < -0.3 is 39.5 Å². The Morgan fingerprint density at radius 2 is 1.93 bits per heavy atom. The lowest BCUT2D eigenvalue weighted by atomic mass is 9.50. The second-order valence-electron chi connectivity index (χ2n) is 10.7. The van der Waals surface area contributed by atoms with Crippen LogP contribution < -0.4 is 4.74 Å². The van der Waals surface area contributed by atoms with Gasteiger partial charge in [0.1, 0.15) is 11.5 Å². The molecule has 6 atom stereocenters. The first-order chi connectivity index (χ1) is 19.6. The van der Waals surface area contributed by atoms with E-state index < -0.39 is 66.1 Å². The molecule has 0 aromatic heterocycles. The van der Waals surface area contributed by atoms with Crippen LogP contribution in [-0.2, 0) is 47.1 Å². The Labute approximate surface area is 237 Å². The summed E-state index contributed by atoms with van der Waals surface area (Å²) in [5.41, 5.74) is 0.376. The monoisotopic (exact) mass is 601 g/mol. The minimum absolute atomic E-state index is 0.176. The Morgan fingerprint density at radius 1 is 1.26 bits per heavy atom. The molecule has 5 rings (SSSR count). The van der Waals surface area contributed by atoms with E-state index in [9.17, 15) is 42.9 Å². The van der Waals surface area contributed by atoms with E-state index in [2.05, 4.69) is 4.90 Å². The van der Waals surface area contributed by atoms with Crippen LogP contribution in [0, 0.1) is 0 Å². The summed E-state index contributed by atoms with van der Waals surface area (Å²) >= 11 is 0. The number of piperidine rings is 1. The van der Waals surface area contributed by atoms with Crippen LogP contribution in [0.3, 0.4) is 0 Å². The van der Waals surface area contributed by atoms with E-state index in [0.717, 1.165) is 11.1 Å². The number of aliphatic carboxylic acids is 1. The minimum Gasteiger partial charge on any atom is -0.481 e. The molecule has 1 aromatic carbocycles. The average Bonchev–Trinajstić information content (AvgIpc) is 3.27. The van der Waals surface area contributed by atoms with E-state index in [1.54, 1.807) is 6.08 Å². The number of carboxylic acid groups (broad SMARTS) is 1. The molecule has 1 aromatic rings. The number of hydrogen-bond acceptors (Lipinski definition) is 11. The smallest absolute Gasteiger partial charge is 0.446 e. The van der Waals surface area contributed by atoms with Gasteiger partial charge in [-0.3, -0.25) is 9.59 Å². The second-order valence-corrected chi connectivity index (χ2v) is 10.7. The van der Waals surface area contributed by atoms with Crippen molar-refractivity contribution < 1.29 is 67.0 Å². The number of ether oxygens (including phenoxy) is 3. The number of aldehydes is 1. The summed E-state index contributed by atoms with van der Waals surface area (Å²) in [6.07, 6.45) is -7.75. The Hall–Kier alpha value is -3.53. The molecule has 230 valence electrons. The molecule has 42 heavy (non-hydrogen) atoms. The Kier molecular flexibility index (Phi) is 8.43. The van der Waals surface area contributed by atoms with Crippen LogP contribution in [-0.4, -0.2) is 99.2 Å². The number of aliphatic hydroxyl groups is 3. The highest BCUT2D eigenvalue weighted by molar-refractivity contribution is 5.84. The molecule has 0 amide bonds. The van der Waals surface area contributed by atoms with Crippen molar-refractivity contribution in [3.63, 3.8) is 0 Å². The third kappa shape index (κ3) is 5.25. The highest BCUT2D eigenvalue weighted by Gasteiger charge is 2.71. The van der Waals surface area contributed by atoms with Crippen LogP contribution in [0.2, 0.25) is 0 Å². The number of benzene rings is 1. The lowest BCUT2D eigenvalue weighted by Crippen LogP contribution is -2.74. The van der Waals surface area contributed by atoms with E-state index in [0.29, 0.717) is 30.7 Å². The molecule has 2 aliphatic carbocycles. The van der Waals surface area contributed by atoms with Gasteiger partial charge in [0.25, 0.3) is 0 Å². The van der Waals surface area contributed by atoms with Gasteiger partial charge in [-0.2, -0.15) is 13.2 Å². The SMILES string of the molecule is C[C@H](OC(=O)[C@@H](O)CC(=O)O)C(=O)OC1=CC[C@@]2(O)[C@H]3Cc4ccc(CO)c5c4[C@@]2(CCN3C)[C@H]1O5.O=CC(F)(F)F. The van der Waals surface area contributed by atoms with Gasteiger partial charge in [-0.1, -0.05) is 12.1 Å². The number of carboxylic acids is 1.